The molecule has 0 aliphatic heterocycles. The Morgan fingerprint density at radius 1 is 1.33 bits per heavy atom. The van der Waals surface area contributed by atoms with Crippen LogP contribution in [0.15, 0.2) is 18.2 Å². The summed E-state index contributed by atoms with van der Waals surface area (Å²) in [5.74, 6) is 0. The van der Waals surface area contributed by atoms with Gasteiger partial charge in [0.25, 0.3) is 0 Å². The number of likely N-dealkylation sites (N-methyl/N-ethyl adjacent to an activating group) is 1. The first kappa shape index (κ1) is 15.2. The number of benzene rings is 1. The first-order valence-corrected chi connectivity index (χ1v) is 6.61. The van der Waals surface area contributed by atoms with Crippen LogP contribution in [0, 0.1) is 6.92 Å². The molecule has 0 radical (unpaired) electrons. The molecule has 0 amide bonds. The summed E-state index contributed by atoms with van der Waals surface area (Å²) in [6, 6.07) is 6.46. The van der Waals surface area contributed by atoms with Crippen molar-refractivity contribution in [1.29, 1.82) is 0 Å². The summed E-state index contributed by atoms with van der Waals surface area (Å²) in [6.07, 6.45) is 0.309. The molecule has 0 unspecified atom stereocenters. The molecule has 102 valence electrons. The van der Waals surface area contributed by atoms with Crippen molar-refractivity contribution in [3.8, 4) is 0 Å². The normalized spacial score (nSPS) is 11.5. The first-order chi connectivity index (χ1) is 8.52. The van der Waals surface area contributed by atoms with Gasteiger partial charge in [-0.1, -0.05) is 18.2 Å². The molecule has 1 aromatic rings. The van der Waals surface area contributed by atoms with Gasteiger partial charge >= 0.3 is 0 Å². The fourth-order valence-electron chi connectivity index (χ4n) is 1.88. The van der Waals surface area contributed by atoms with E-state index in [0.29, 0.717) is 12.6 Å². The summed E-state index contributed by atoms with van der Waals surface area (Å²) in [5, 5.41) is 0. The Morgan fingerprint density at radius 2 is 2.06 bits per heavy atom. The summed E-state index contributed by atoms with van der Waals surface area (Å²) < 4.78 is 5.56. The average molecular weight is 250 g/mol. The van der Waals surface area contributed by atoms with Crippen LogP contribution >= 0.6 is 0 Å². The maximum atomic E-state index is 5.64. The Hall–Kier alpha value is -0.900. The number of nitrogens with zero attached hydrogens (tertiary/aromatic N) is 1. The van der Waals surface area contributed by atoms with Crippen LogP contribution in [0.1, 0.15) is 30.5 Å². The van der Waals surface area contributed by atoms with E-state index in [-0.39, 0.29) is 0 Å². The number of nitrogens with two attached hydrogens (primary N) is 1. The summed E-state index contributed by atoms with van der Waals surface area (Å²) in [4.78, 5) is 2.28. The van der Waals surface area contributed by atoms with Gasteiger partial charge in [0.15, 0.2) is 0 Å². The second-order valence-corrected chi connectivity index (χ2v) is 5.12. The molecule has 18 heavy (non-hydrogen) atoms. The van der Waals surface area contributed by atoms with Crippen molar-refractivity contribution in [2.24, 2.45) is 5.73 Å². The fourth-order valence-corrected chi connectivity index (χ4v) is 1.88. The highest BCUT2D eigenvalue weighted by molar-refractivity contribution is 5.30. The molecular weight excluding hydrogens is 224 g/mol. The summed E-state index contributed by atoms with van der Waals surface area (Å²) in [5.41, 5.74) is 9.51. The molecule has 0 atom stereocenters. The average Bonchev–Trinajstić information content (AvgIpc) is 2.31. The lowest BCUT2D eigenvalue weighted by atomic mass is 10.0. The number of rotatable bonds is 7. The molecule has 1 rings (SSSR count). The molecule has 3 nitrogen and oxygen atoms in total. The van der Waals surface area contributed by atoms with E-state index in [1.807, 2.05) is 0 Å². The van der Waals surface area contributed by atoms with Crippen LogP contribution in [-0.4, -0.2) is 31.2 Å². The number of hydrogen-bond acceptors (Lipinski definition) is 3. The Kier molecular flexibility index (Phi) is 6.33. The van der Waals surface area contributed by atoms with Crippen molar-refractivity contribution in [1.82, 2.24) is 4.90 Å². The number of ether oxygens (including phenoxy) is 1. The van der Waals surface area contributed by atoms with Crippen LogP contribution < -0.4 is 5.73 Å². The second-order valence-electron chi connectivity index (χ2n) is 5.12. The Bertz CT molecular complexity index is 364. The van der Waals surface area contributed by atoms with Gasteiger partial charge in [0.2, 0.25) is 0 Å². The third-order valence-electron chi connectivity index (χ3n) is 3.01. The minimum Gasteiger partial charge on any atom is -0.377 e. The minimum atomic E-state index is 0.309. The van der Waals surface area contributed by atoms with E-state index in [1.54, 1.807) is 0 Å². The van der Waals surface area contributed by atoms with E-state index in [9.17, 15) is 0 Å². The molecular formula is C15H26N2O. The van der Waals surface area contributed by atoms with Crippen molar-refractivity contribution in [3.05, 3.63) is 34.9 Å². The zero-order chi connectivity index (χ0) is 13.5. The van der Waals surface area contributed by atoms with Crippen molar-refractivity contribution < 1.29 is 4.74 Å². The maximum absolute atomic E-state index is 5.64. The van der Waals surface area contributed by atoms with Gasteiger partial charge in [-0.15, -0.1) is 0 Å². The number of aryl methyl sites for hydroxylation is 1. The van der Waals surface area contributed by atoms with Gasteiger partial charge < -0.3 is 10.5 Å². The highest BCUT2D eigenvalue weighted by atomic mass is 16.5. The molecule has 0 saturated carbocycles. The predicted octanol–water partition coefficient (Wildman–Crippen LogP) is 2.31. The predicted molar refractivity (Wildman–Crippen MR) is 76.5 cm³/mol. The topological polar surface area (TPSA) is 38.5 Å². The Morgan fingerprint density at radius 3 is 2.61 bits per heavy atom. The summed E-state index contributed by atoms with van der Waals surface area (Å²) in [6.45, 7) is 9.58. The molecule has 0 heterocycles. The standard InChI is InChI=1S/C15H26N2O/c1-12(2)18-8-7-17(4)11-15-6-5-14(10-16)9-13(15)3/h5-6,9,12H,7-8,10-11,16H2,1-4H3. The smallest absolute Gasteiger partial charge is 0.0596 e. The Labute approximate surface area is 111 Å². The third-order valence-corrected chi connectivity index (χ3v) is 3.01. The molecule has 1 aromatic carbocycles. The maximum Gasteiger partial charge on any atom is 0.0596 e. The number of hydrogen-bond donors (Lipinski definition) is 1. The SMILES string of the molecule is Cc1cc(CN)ccc1CN(C)CCOC(C)C. The van der Waals surface area contributed by atoms with E-state index in [4.69, 9.17) is 10.5 Å². The summed E-state index contributed by atoms with van der Waals surface area (Å²) in [7, 11) is 2.12. The van der Waals surface area contributed by atoms with Crippen LogP contribution in [0.25, 0.3) is 0 Å². The lowest BCUT2D eigenvalue weighted by molar-refractivity contribution is 0.0627. The second kappa shape index (κ2) is 7.52. The highest BCUT2D eigenvalue weighted by Crippen LogP contribution is 2.12. The quantitative estimate of drug-likeness (QED) is 0.807. The third kappa shape index (κ3) is 5.17. The van der Waals surface area contributed by atoms with Crippen LogP contribution in [0.5, 0.6) is 0 Å². The largest absolute Gasteiger partial charge is 0.377 e. The van der Waals surface area contributed by atoms with Gasteiger partial charge in [-0.3, -0.25) is 4.90 Å². The van der Waals surface area contributed by atoms with Gasteiger partial charge in [-0.2, -0.15) is 0 Å². The van der Waals surface area contributed by atoms with Crippen molar-refractivity contribution in [2.75, 3.05) is 20.2 Å². The minimum absolute atomic E-state index is 0.309. The first-order valence-electron chi connectivity index (χ1n) is 6.61. The van der Waals surface area contributed by atoms with E-state index in [0.717, 1.165) is 19.7 Å². The molecule has 0 aliphatic rings. The van der Waals surface area contributed by atoms with Crippen molar-refractivity contribution >= 4 is 0 Å². The lowest BCUT2D eigenvalue weighted by Crippen LogP contribution is -2.24. The molecule has 0 saturated heterocycles. The molecule has 0 fully saturated rings. The Balaban J connectivity index is 2.46. The van der Waals surface area contributed by atoms with Gasteiger partial charge in [0.1, 0.15) is 0 Å². The van der Waals surface area contributed by atoms with E-state index < -0.39 is 0 Å². The van der Waals surface area contributed by atoms with Crippen molar-refractivity contribution in [3.63, 3.8) is 0 Å². The summed E-state index contributed by atoms with van der Waals surface area (Å²) >= 11 is 0. The van der Waals surface area contributed by atoms with Gasteiger partial charge in [-0.05, 0) is 44.5 Å². The van der Waals surface area contributed by atoms with Crippen LogP contribution in [-0.2, 0) is 17.8 Å². The van der Waals surface area contributed by atoms with Crippen LogP contribution in [0.3, 0.4) is 0 Å². The molecule has 0 bridgehead atoms. The zero-order valence-electron chi connectivity index (χ0n) is 12.1. The van der Waals surface area contributed by atoms with Crippen LogP contribution in [0.2, 0.25) is 0 Å². The van der Waals surface area contributed by atoms with Gasteiger partial charge in [-0.25, -0.2) is 0 Å². The molecule has 0 aliphatic carbocycles. The molecule has 3 heteroatoms. The van der Waals surface area contributed by atoms with Crippen LogP contribution in [0.4, 0.5) is 0 Å². The molecule has 0 aromatic heterocycles. The molecule has 0 spiro atoms. The fraction of sp³-hybridized carbons (Fsp3) is 0.600. The lowest BCUT2D eigenvalue weighted by Gasteiger charge is -2.19. The van der Waals surface area contributed by atoms with E-state index in [1.165, 1.54) is 16.7 Å². The van der Waals surface area contributed by atoms with E-state index >= 15 is 0 Å². The van der Waals surface area contributed by atoms with E-state index in [2.05, 4.69) is 50.9 Å². The highest BCUT2D eigenvalue weighted by Gasteiger charge is 2.04. The van der Waals surface area contributed by atoms with Gasteiger partial charge in [0, 0.05) is 19.6 Å². The van der Waals surface area contributed by atoms with Gasteiger partial charge in [0.05, 0.1) is 12.7 Å². The molecule has 2 N–H and O–H groups in total. The monoisotopic (exact) mass is 250 g/mol. The zero-order valence-corrected chi connectivity index (χ0v) is 12.1. The van der Waals surface area contributed by atoms with Crippen molar-refractivity contribution in [2.45, 2.75) is 40.0 Å².